The van der Waals surface area contributed by atoms with E-state index in [2.05, 4.69) is 10.1 Å². The highest BCUT2D eigenvalue weighted by Gasteiger charge is 2.14. The van der Waals surface area contributed by atoms with Crippen LogP contribution in [0.25, 0.3) is 6.08 Å². The number of hydrogen-bond acceptors (Lipinski definition) is 5. The van der Waals surface area contributed by atoms with Crippen LogP contribution in [-0.4, -0.2) is 32.2 Å². The van der Waals surface area contributed by atoms with Gasteiger partial charge in [-0.2, -0.15) is 8.78 Å². The number of alkyl halides is 2. The van der Waals surface area contributed by atoms with Gasteiger partial charge in [-0.05, 0) is 36.4 Å². The summed E-state index contributed by atoms with van der Waals surface area (Å²) in [6.45, 7) is -3.66. The molecule has 0 spiro atoms. The predicted octanol–water partition coefficient (Wildman–Crippen LogP) is 3.63. The lowest BCUT2D eigenvalue weighted by Crippen LogP contribution is -2.20. The average molecular weight is 395 g/mol. The van der Waals surface area contributed by atoms with Gasteiger partial charge in [0.2, 0.25) is 0 Å². The van der Waals surface area contributed by atoms with E-state index in [9.17, 15) is 22.8 Å². The summed E-state index contributed by atoms with van der Waals surface area (Å²) in [7, 11) is 1.29. The largest absolute Gasteiger partial charge is 0.493 e. The van der Waals surface area contributed by atoms with Gasteiger partial charge in [0, 0.05) is 17.3 Å². The van der Waals surface area contributed by atoms with Crippen LogP contribution in [0.4, 0.5) is 18.9 Å². The number of amides is 1. The van der Waals surface area contributed by atoms with E-state index in [0.29, 0.717) is 5.69 Å². The molecular formula is C19H16F3NO5. The monoisotopic (exact) mass is 395 g/mol. The van der Waals surface area contributed by atoms with Gasteiger partial charge in [-0.25, -0.2) is 9.18 Å². The van der Waals surface area contributed by atoms with E-state index < -0.39 is 30.9 Å². The molecule has 0 radical (unpaired) electrons. The topological polar surface area (TPSA) is 73.9 Å². The number of benzene rings is 2. The Morgan fingerprint density at radius 1 is 1.14 bits per heavy atom. The number of carbonyl (C=O) groups is 2. The van der Waals surface area contributed by atoms with Crippen molar-refractivity contribution in [2.24, 2.45) is 0 Å². The van der Waals surface area contributed by atoms with Crippen LogP contribution in [0.3, 0.4) is 0 Å². The molecule has 0 saturated carbocycles. The van der Waals surface area contributed by atoms with Gasteiger partial charge < -0.3 is 19.5 Å². The minimum absolute atomic E-state index is 0.0643. The number of carbonyl (C=O) groups excluding carboxylic acids is 2. The zero-order valence-electron chi connectivity index (χ0n) is 14.7. The highest BCUT2D eigenvalue weighted by atomic mass is 19.3. The van der Waals surface area contributed by atoms with Crippen LogP contribution in [0.5, 0.6) is 11.5 Å². The van der Waals surface area contributed by atoms with Crippen molar-refractivity contribution < 1.29 is 37.0 Å². The minimum Gasteiger partial charge on any atom is -0.493 e. The van der Waals surface area contributed by atoms with Crippen molar-refractivity contribution in [1.29, 1.82) is 0 Å². The van der Waals surface area contributed by atoms with E-state index in [4.69, 9.17) is 9.47 Å². The molecule has 0 aliphatic carbocycles. The summed E-state index contributed by atoms with van der Waals surface area (Å²) in [6, 6.07) is 9.41. The summed E-state index contributed by atoms with van der Waals surface area (Å²) in [4.78, 5) is 23.5. The molecule has 0 aliphatic heterocycles. The van der Waals surface area contributed by atoms with Crippen molar-refractivity contribution >= 4 is 23.6 Å². The zero-order chi connectivity index (χ0) is 20.5. The standard InChI is InChI=1S/C19H16F3NO5/c1-26-15-4-2-3-12(18(15)28-19(21)22)5-10-17(25)27-11-16(24)23-14-8-6-13(20)7-9-14/h2-10,19H,11H2,1H3,(H,23,24)/b10-5+. The molecule has 1 amide bonds. The fourth-order valence-electron chi connectivity index (χ4n) is 2.11. The maximum atomic E-state index is 12.8. The number of methoxy groups -OCH3 is 1. The first kappa shape index (κ1) is 20.8. The van der Waals surface area contributed by atoms with E-state index in [1.807, 2.05) is 0 Å². The number of rotatable bonds is 8. The summed E-state index contributed by atoms with van der Waals surface area (Å²) in [5, 5.41) is 2.42. The third-order valence-electron chi connectivity index (χ3n) is 3.31. The molecule has 6 nitrogen and oxygen atoms in total. The molecule has 148 valence electrons. The first-order valence-electron chi connectivity index (χ1n) is 7.91. The highest BCUT2D eigenvalue weighted by molar-refractivity contribution is 5.94. The molecule has 2 aromatic rings. The Labute approximate surface area is 158 Å². The zero-order valence-corrected chi connectivity index (χ0v) is 14.7. The third kappa shape index (κ3) is 6.35. The number of nitrogens with one attached hydrogen (secondary N) is 1. The molecule has 0 aliphatic rings. The Hall–Kier alpha value is -3.49. The second-order valence-electron chi connectivity index (χ2n) is 5.25. The van der Waals surface area contributed by atoms with E-state index in [-0.39, 0.29) is 17.1 Å². The molecular weight excluding hydrogens is 379 g/mol. The third-order valence-corrected chi connectivity index (χ3v) is 3.31. The van der Waals surface area contributed by atoms with Crippen LogP contribution in [0.15, 0.2) is 48.5 Å². The van der Waals surface area contributed by atoms with E-state index in [0.717, 1.165) is 18.2 Å². The second-order valence-corrected chi connectivity index (χ2v) is 5.25. The van der Waals surface area contributed by atoms with Crippen LogP contribution in [0.1, 0.15) is 5.56 Å². The van der Waals surface area contributed by atoms with Gasteiger partial charge in [-0.15, -0.1) is 0 Å². The van der Waals surface area contributed by atoms with Crippen molar-refractivity contribution in [3.8, 4) is 11.5 Å². The van der Waals surface area contributed by atoms with E-state index >= 15 is 0 Å². The fourth-order valence-corrected chi connectivity index (χ4v) is 2.11. The summed E-state index contributed by atoms with van der Waals surface area (Å²) >= 11 is 0. The molecule has 0 atom stereocenters. The highest BCUT2D eigenvalue weighted by Crippen LogP contribution is 2.33. The molecule has 0 saturated heterocycles. The molecule has 0 unspecified atom stereocenters. The van der Waals surface area contributed by atoms with Gasteiger partial charge in [0.25, 0.3) is 5.91 Å². The van der Waals surface area contributed by atoms with Crippen molar-refractivity contribution in [2.45, 2.75) is 6.61 Å². The van der Waals surface area contributed by atoms with Gasteiger partial charge in [0.05, 0.1) is 7.11 Å². The Kier molecular flexibility index (Phi) is 7.44. The SMILES string of the molecule is COc1cccc(/C=C/C(=O)OCC(=O)Nc2ccc(F)cc2)c1OC(F)F. The molecule has 2 rings (SSSR count). The number of halogens is 3. The lowest BCUT2D eigenvalue weighted by atomic mass is 10.1. The maximum absolute atomic E-state index is 12.8. The summed E-state index contributed by atoms with van der Waals surface area (Å²) in [5.74, 6) is -2.13. The Morgan fingerprint density at radius 2 is 1.86 bits per heavy atom. The predicted molar refractivity (Wildman–Crippen MR) is 94.6 cm³/mol. The van der Waals surface area contributed by atoms with Crippen molar-refractivity contribution in [1.82, 2.24) is 0 Å². The molecule has 2 aromatic carbocycles. The number of anilines is 1. The lowest BCUT2D eigenvalue weighted by molar-refractivity contribution is -0.142. The molecule has 0 fully saturated rings. The molecule has 9 heteroatoms. The summed E-state index contributed by atoms with van der Waals surface area (Å²) in [5.41, 5.74) is 0.496. The van der Waals surface area contributed by atoms with Gasteiger partial charge in [0.1, 0.15) is 5.82 Å². The van der Waals surface area contributed by atoms with Crippen LogP contribution in [0.2, 0.25) is 0 Å². The smallest absolute Gasteiger partial charge is 0.387 e. The quantitative estimate of drug-likeness (QED) is 0.546. The minimum atomic E-state index is -3.08. The molecule has 0 heterocycles. The van der Waals surface area contributed by atoms with E-state index in [1.165, 1.54) is 43.5 Å². The van der Waals surface area contributed by atoms with E-state index in [1.54, 1.807) is 0 Å². The Bertz CT molecular complexity index is 853. The number of esters is 1. The van der Waals surface area contributed by atoms with Crippen LogP contribution >= 0.6 is 0 Å². The fraction of sp³-hybridized carbons (Fsp3) is 0.158. The molecule has 1 N–H and O–H groups in total. The number of hydrogen-bond donors (Lipinski definition) is 1. The van der Waals surface area contributed by atoms with Crippen LogP contribution in [-0.2, 0) is 14.3 Å². The van der Waals surface area contributed by atoms with Gasteiger partial charge >= 0.3 is 12.6 Å². The molecule has 28 heavy (non-hydrogen) atoms. The van der Waals surface area contributed by atoms with Gasteiger partial charge in [-0.1, -0.05) is 12.1 Å². The average Bonchev–Trinajstić information content (AvgIpc) is 2.67. The Balaban J connectivity index is 1.94. The first-order valence-corrected chi connectivity index (χ1v) is 7.91. The van der Waals surface area contributed by atoms with Crippen molar-refractivity contribution in [3.63, 3.8) is 0 Å². The first-order chi connectivity index (χ1) is 13.4. The number of para-hydroxylation sites is 1. The van der Waals surface area contributed by atoms with Gasteiger partial charge in [-0.3, -0.25) is 4.79 Å². The molecule has 0 aromatic heterocycles. The second kappa shape index (κ2) is 10.0. The maximum Gasteiger partial charge on any atom is 0.387 e. The normalized spacial score (nSPS) is 10.8. The molecule has 0 bridgehead atoms. The van der Waals surface area contributed by atoms with Crippen LogP contribution < -0.4 is 14.8 Å². The summed E-state index contributed by atoms with van der Waals surface area (Å²) < 4.78 is 52.1. The summed E-state index contributed by atoms with van der Waals surface area (Å²) in [6.07, 6.45) is 2.15. The number of ether oxygens (including phenoxy) is 3. The lowest BCUT2D eigenvalue weighted by Gasteiger charge is -2.12. The van der Waals surface area contributed by atoms with Crippen molar-refractivity contribution in [3.05, 3.63) is 59.9 Å². The van der Waals surface area contributed by atoms with Crippen LogP contribution in [0, 0.1) is 5.82 Å². The van der Waals surface area contributed by atoms with Crippen molar-refractivity contribution in [2.75, 3.05) is 19.0 Å². The van der Waals surface area contributed by atoms with Gasteiger partial charge in [0.15, 0.2) is 18.1 Å². The Morgan fingerprint density at radius 3 is 2.50 bits per heavy atom.